The molecule has 0 unspecified atom stereocenters. The van der Waals surface area contributed by atoms with Crippen LogP contribution >= 0.6 is 23.1 Å². The summed E-state index contributed by atoms with van der Waals surface area (Å²) in [5, 5.41) is 9.39. The van der Waals surface area contributed by atoms with Crippen LogP contribution in [0.2, 0.25) is 0 Å². The fourth-order valence-corrected chi connectivity index (χ4v) is 4.32. The van der Waals surface area contributed by atoms with E-state index >= 15 is 0 Å². The molecular formula is C18H21N3OS2. The van der Waals surface area contributed by atoms with Crippen LogP contribution in [0.1, 0.15) is 36.0 Å². The Kier molecular flexibility index (Phi) is 6.04. The van der Waals surface area contributed by atoms with E-state index in [0.717, 1.165) is 42.0 Å². The van der Waals surface area contributed by atoms with Gasteiger partial charge < -0.3 is 0 Å². The lowest BCUT2D eigenvalue weighted by Gasteiger charge is -2.10. The van der Waals surface area contributed by atoms with Gasteiger partial charge in [0.2, 0.25) is 0 Å². The highest BCUT2D eigenvalue weighted by molar-refractivity contribution is 7.99. The summed E-state index contributed by atoms with van der Waals surface area (Å²) in [6.07, 6.45) is 2.99. The Hall–Kier alpha value is -1.66. The number of benzene rings is 1. The van der Waals surface area contributed by atoms with Crippen molar-refractivity contribution in [2.45, 2.75) is 31.9 Å². The van der Waals surface area contributed by atoms with Crippen molar-refractivity contribution in [1.29, 1.82) is 0 Å². The van der Waals surface area contributed by atoms with E-state index in [4.69, 9.17) is 0 Å². The van der Waals surface area contributed by atoms with Crippen molar-refractivity contribution >= 4 is 34.7 Å². The minimum Gasteiger partial charge on any atom is -0.272 e. The molecular weight excluding hydrogens is 338 g/mol. The molecule has 0 fully saturated rings. The second-order valence-electron chi connectivity index (χ2n) is 5.65. The van der Waals surface area contributed by atoms with Gasteiger partial charge in [0.05, 0.1) is 28.7 Å². The second-order valence-corrected chi connectivity index (χ2v) is 7.58. The molecule has 0 N–H and O–H groups in total. The topological polar surface area (TPSA) is 45.6 Å². The van der Waals surface area contributed by atoms with Crippen LogP contribution in [-0.2, 0) is 17.0 Å². The monoisotopic (exact) mass is 359 g/mol. The van der Waals surface area contributed by atoms with Crippen LogP contribution in [0.3, 0.4) is 0 Å². The molecule has 2 aromatic rings. The molecule has 0 saturated carbocycles. The number of carbonyl (C=O) groups excluding carboxylic acids is 1. The minimum atomic E-state index is 0.0787. The van der Waals surface area contributed by atoms with E-state index in [1.54, 1.807) is 28.1 Å². The Labute approximate surface area is 151 Å². The predicted molar refractivity (Wildman–Crippen MR) is 102 cm³/mol. The molecule has 4 nitrogen and oxygen atoms in total. The van der Waals surface area contributed by atoms with Crippen LogP contribution in [0.25, 0.3) is 0 Å². The molecule has 126 valence electrons. The molecule has 2 heterocycles. The molecule has 0 radical (unpaired) electrons. The fourth-order valence-electron chi connectivity index (χ4n) is 2.53. The Morgan fingerprint density at radius 1 is 1.33 bits per heavy atom. The molecule has 1 amide bonds. The van der Waals surface area contributed by atoms with Gasteiger partial charge in [-0.2, -0.15) is 5.10 Å². The number of nitrogens with zero attached hydrogens (tertiary/aromatic N) is 3. The van der Waals surface area contributed by atoms with Gasteiger partial charge in [-0.3, -0.25) is 4.79 Å². The lowest BCUT2D eigenvalue weighted by molar-refractivity contribution is -0.127. The number of hydrogen-bond donors (Lipinski definition) is 0. The van der Waals surface area contributed by atoms with Crippen molar-refractivity contribution in [3.8, 4) is 0 Å². The highest BCUT2D eigenvalue weighted by atomic mass is 32.2. The quantitative estimate of drug-likeness (QED) is 0.751. The van der Waals surface area contributed by atoms with E-state index in [1.165, 1.54) is 5.01 Å². The highest BCUT2D eigenvalue weighted by Gasteiger charge is 2.21. The first-order valence-electron chi connectivity index (χ1n) is 8.20. The Balaban J connectivity index is 1.48. The molecule has 24 heavy (non-hydrogen) atoms. The third-order valence-electron chi connectivity index (χ3n) is 3.74. The second kappa shape index (κ2) is 8.44. The maximum atomic E-state index is 12.3. The van der Waals surface area contributed by atoms with Crippen LogP contribution in [0.15, 0.2) is 40.8 Å². The van der Waals surface area contributed by atoms with Gasteiger partial charge >= 0.3 is 0 Å². The number of rotatable bonds is 7. The summed E-state index contributed by atoms with van der Waals surface area (Å²) in [6.45, 7) is 2.84. The van der Waals surface area contributed by atoms with Gasteiger partial charge in [-0.05, 0) is 18.4 Å². The zero-order valence-corrected chi connectivity index (χ0v) is 15.4. The summed E-state index contributed by atoms with van der Waals surface area (Å²) in [4.78, 5) is 16.9. The third-order valence-corrected chi connectivity index (χ3v) is 5.64. The van der Waals surface area contributed by atoms with E-state index in [-0.39, 0.29) is 5.91 Å². The van der Waals surface area contributed by atoms with Gasteiger partial charge in [-0.15, -0.1) is 23.1 Å². The predicted octanol–water partition coefficient (Wildman–Crippen LogP) is 3.97. The SMILES string of the molecule is CCCc1nc(CSCC(=O)N2CCC(c3ccccc3)=N2)cs1. The molecule has 6 heteroatoms. The fraction of sp³-hybridized carbons (Fsp3) is 0.389. The molecule has 1 aliphatic heterocycles. The summed E-state index contributed by atoms with van der Waals surface area (Å²) < 4.78 is 0. The van der Waals surface area contributed by atoms with Gasteiger partial charge in [-0.1, -0.05) is 37.3 Å². The molecule has 1 aromatic heterocycles. The Morgan fingerprint density at radius 3 is 2.96 bits per heavy atom. The number of amides is 1. The van der Waals surface area contributed by atoms with Crippen molar-refractivity contribution in [1.82, 2.24) is 9.99 Å². The number of thiazole rings is 1. The molecule has 1 aliphatic rings. The van der Waals surface area contributed by atoms with Crippen LogP contribution in [-0.4, -0.2) is 33.9 Å². The molecule has 0 bridgehead atoms. The lowest BCUT2D eigenvalue weighted by atomic mass is 10.1. The molecule has 1 aromatic carbocycles. The van der Waals surface area contributed by atoms with E-state index in [0.29, 0.717) is 12.3 Å². The summed E-state index contributed by atoms with van der Waals surface area (Å²) in [5.41, 5.74) is 3.18. The number of aryl methyl sites for hydroxylation is 1. The van der Waals surface area contributed by atoms with Crippen LogP contribution in [0.5, 0.6) is 0 Å². The zero-order valence-electron chi connectivity index (χ0n) is 13.8. The van der Waals surface area contributed by atoms with E-state index < -0.39 is 0 Å². The van der Waals surface area contributed by atoms with E-state index in [9.17, 15) is 4.79 Å². The summed E-state index contributed by atoms with van der Waals surface area (Å²) in [6, 6.07) is 10.1. The Bertz CT molecular complexity index is 712. The molecule has 0 saturated heterocycles. The van der Waals surface area contributed by atoms with Gasteiger partial charge in [0.25, 0.3) is 5.91 Å². The summed E-state index contributed by atoms with van der Waals surface area (Å²) >= 11 is 3.33. The first-order chi connectivity index (χ1) is 11.8. The van der Waals surface area contributed by atoms with E-state index in [2.05, 4.69) is 22.4 Å². The summed E-state index contributed by atoms with van der Waals surface area (Å²) in [5.74, 6) is 1.32. The smallest absolute Gasteiger partial charge is 0.252 e. The Morgan fingerprint density at radius 2 is 2.17 bits per heavy atom. The van der Waals surface area contributed by atoms with Gasteiger partial charge in [0, 0.05) is 17.6 Å². The number of carbonyl (C=O) groups is 1. The lowest BCUT2D eigenvalue weighted by Crippen LogP contribution is -2.25. The van der Waals surface area contributed by atoms with Crippen molar-refractivity contribution in [2.75, 3.05) is 12.3 Å². The van der Waals surface area contributed by atoms with E-state index in [1.807, 2.05) is 30.3 Å². The number of hydrazone groups is 1. The van der Waals surface area contributed by atoms with Crippen LogP contribution < -0.4 is 0 Å². The maximum absolute atomic E-state index is 12.3. The normalized spacial score (nSPS) is 14.0. The number of thioether (sulfide) groups is 1. The van der Waals surface area contributed by atoms with Crippen molar-refractivity contribution < 1.29 is 4.79 Å². The third kappa shape index (κ3) is 4.45. The molecule has 3 rings (SSSR count). The molecule has 0 aliphatic carbocycles. The zero-order chi connectivity index (χ0) is 16.8. The minimum absolute atomic E-state index is 0.0787. The summed E-state index contributed by atoms with van der Waals surface area (Å²) in [7, 11) is 0. The first-order valence-corrected chi connectivity index (χ1v) is 10.2. The highest BCUT2D eigenvalue weighted by Crippen LogP contribution is 2.19. The standard InChI is InChI=1S/C18H21N3OS2/c1-2-6-17-19-15(12-24-17)11-23-13-18(22)21-10-9-16(20-21)14-7-4-3-5-8-14/h3-5,7-8,12H,2,6,9-11,13H2,1H3. The van der Waals surface area contributed by atoms with Crippen molar-refractivity contribution in [2.24, 2.45) is 5.10 Å². The average Bonchev–Trinajstić information content (AvgIpc) is 3.26. The largest absolute Gasteiger partial charge is 0.272 e. The van der Waals surface area contributed by atoms with Gasteiger partial charge in [0.1, 0.15) is 0 Å². The maximum Gasteiger partial charge on any atom is 0.252 e. The van der Waals surface area contributed by atoms with Crippen molar-refractivity contribution in [3.05, 3.63) is 52.0 Å². The molecule has 0 spiro atoms. The van der Waals surface area contributed by atoms with Crippen LogP contribution in [0, 0.1) is 0 Å². The average molecular weight is 360 g/mol. The van der Waals surface area contributed by atoms with Gasteiger partial charge in [-0.25, -0.2) is 9.99 Å². The first kappa shape index (κ1) is 17.2. The van der Waals surface area contributed by atoms with Crippen LogP contribution in [0.4, 0.5) is 0 Å². The van der Waals surface area contributed by atoms with Crippen molar-refractivity contribution in [3.63, 3.8) is 0 Å². The van der Waals surface area contributed by atoms with Gasteiger partial charge in [0.15, 0.2) is 0 Å². The number of hydrogen-bond acceptors (Lipinski definition) is 5. The number of aromatic nitrogens is 1. The molecule has 0 atom stereocenters.